The fourth-order valence-electron chi connectivity index (χ4n) is 2.62. The average molecular weight is 299 g/mol. The zero-order chi connectivity index (χ0) is 14.2. The maximum atomic E-state index is 13.2. The smallest absolute Gasteiger partial charge is 0.243 e. The summed E-state index contributed by atoms with van der Waals surface area (Å²) < 4.78 is 39.5. The Kier molecular flexibility index (Phi) is 3.76. The van der Waals surface area contributed by atoms with Gasteiger partial charge in [-0.1, -0.05) is 6.07 Å². The van der Waals surface area contributed by atoms with E-state index in [0.717, 1.165) is 32.2 Å². The van der Waals surface area contributed by atoms with Crippen LogP contribution in [0.5, 0.6) is 0 Å². The van der Waals surface area contributed by atoms with Crippen LogP contribution < -0.4 is 5.32 Å². The molecule has 2 saturated heterocycles. The predicted molar refractivity (Wildman–Crippen MR) is 73.4 cm³/mol. The summed E-state index contributed by atoms with van der Waals surface area (Å²) in [5.41, 5.74) is 0. The lowest BCUT2D eigenvalue weighted by atomic mass is 10.1. The standard InChI is InChI=1S/C13H18FN3O2S/c14-11-2-1-3-13(8-11)20(18,19)17-6-4-16(5-7-17)12-9-15-10-12/h1-3,8,12,15H,4-7,9-10H2. The van der Waals surface area contributed by atoms with E-state index in [2.05, 4.69) is 10.2 Å². The molecule has 2 aliphatic heterocycles. The van der Waals surface area contributed by atoms with Gasteiger partial charge in [0.1, 0.15) is 5.82 Å². The van der Waals surface area contributed by atoms with E-state index in [1.54, 1.807) is 0 Å². The molecule has 7 heteroatoms. The van der Waals surface area contributed by atoms with Crippen molar-refractivity contribution in [3.63, 3.8) is 0 Å². The number of nitrogens with zero attached hydrogens (tertiary/aromatic N) is 2. The molecule has 110 valence electrons. The molecule has 0 bridgehead atoms. The monoisotopic (exact) mass is 299 g/mol. The molecule has 1 aromatic carbocycles. The van der Waals surface area contributed by atoms with Gasteiger partial charge < -0.3 is 5.32 Å². The van der Waals surface area contributed by atoms with Gasteiger partial charge in [-0.3, -0.25) is 4.90 Å². The Labute approximate surface area is 118 Å². The molecule has 2 heterocycles. The van der Waals surface area contributed by atoms with E-state index < -0.39 is 15.8 Å². The van der Waals surface area contributed by atoms with Gasteiger partial charge in [-0.15, -0.1) is 0 Å². The largest absolute Gasteiger partial charge is 0.314 e. The van der Waals surface area contributed by atoms with Gasteiger partial charge in [0.15, 0.2) is 0 Å². The summed E-state index contributed by atoms with van der Waals surface area (Å²) in [5.74, 6) is -0.523. The Bertz CT molecular complexity index is 581. The molecule has 0 spiro atoms. The second-order valence-electron chi connectivity index (χ2n) is 5.21. The highest BCUT2D eigenvalue weighted by Crippen LogP contribution is 2.19. The van der Waals surface area contributed by atoms with Crippen LogP contribution in [0.15, 0.2) is 29.2 Å². The molecule has 1 aromatic rings. The Hall–Kier alpha value is -1.02. The number of rotatable bonds is 3. The number of benzene rings is 1. The van der Waals surface area contributed by atoms with E-state index in [1.807, 2.05) is 0 Å². The summed E-state index contributed by atoms with van der Waals surface area (Å²) in [6, 6.07) is 5.74. The van der Waals surface area contributed by atoms with Crippen LogP contribution in [-0.4, -0.2) is 62.9 Å². The quantitative estimate of drug-likeness (QED) is 0.860. The van der Waals surface area contributed by atoms with Gasteiger partial charge >= 0.3 is 0 Å². The molecule has 0 aliphatic carbocycles. The summed E-state index contributed by atoms with van der Waals surface area (Å²) in [6.45, 7) is 4.37. The third-order valence-electron chi connectivity index (χ3n) is 3.98. The molecule has 0 atom stereocenters. The molecule has 0 radical (unpaired) electrons. The average Bonchev–Trinajstić information content (AvgIpc) is 2.37. The minimum Gasteiger partial charge on any atom is -0.314 e. The van der Waals surface area contributed by atoms with Gasteiger partial charge in [0.2, 0.25) is 10.0 Å². The van der Waals surface area contributed by atoms with Crippen molar-refractivity contribution in [3.8, 4) is 0 Å². The van der Waals surface area contributed by atoms with Gasteiger partial charge in [-0.25, -0.2) is 12.8 Å². The second kappa shape index (κ2) is 5.40. The lowest BCUT2D eigenvalue weighted by Gasteiger charge is -2.42. The van der Waals surface area contributed by atoms with Crippen LogP contribution in [0.2, 0.25) is 0 Å². The first kappa shape index (κ1) is 13.9. The van der Waals surface area contributed by atoms with Gasteiger partial charge in [0.05, 0.1) is 4.90 Å². The summed E-state index contributed by atoms with van der Waals surface area (Å²) >= 11 is 0. The normalized spacial score (nSPS) is 22.6. The predicted octanol–water partition coefficient (Wildman–Crippen LogP) is 0.104. The fourth-order valence-corrected chi connectivity index (χ4v) is 4.07. The summed E-state index contributed by atoms with van der Waals surface area (Å²) in [5, 5.41) is 3.22. The van der Waals surface area contributed by atoms with Crippen LogP contribution in [0, 0.1) is 5.82 Å². The summed E-state index contributed by atoms with van der Waals surface area (Å²) in [4.78, 5) is 2.35. The van der Waals surface area contributed by atoms with Crippen LogP contribution in [0.25, 0.3) is 0 Å². The van der Waals surface area contributed by atoms with Crippen molar-refractivity contribution in [2.75, 3.05) is 39.3 Å². The molecule has 0 unspecified atom stereocenters. The van der Waals surface area contributed by atoms with Crippen molar-refractivity contribution in [2.24, 2.45) is 0 Å². The molecule has 0 saturated carbocycles. The Balaban J connectivity index is 1.70. The summed E-state index contributed by atoms with van der Waals surface area (Å²) in [7, 11) is -3.57. The summed E-state index contributed by atoms with van der Waals surface area (Å²) in [6.07, 6.45) is 0. The molecular formula is C13H18FN3O2S. The van der Waals surface area contributed by atoms with Gasteiger partial charge in [0, 0.05) is 45.3 Å². The van der Waals surface area contributed by atoms with Gasteiger partial charge in [0.25, 0.3) is 0 Å². The Morgan fingerprint density at radius 3 is 2.40 bits per heavy atom. The number of nitrogens with one attached hydrogen (secondary N) is 1. The van der Waals surface area contributed by atoms with Crippen molar-refractivity contribution in [2.45, 2.75) is 10.9 Å². The maximum Gasteiger partial charge on any atom is 0.243 e. The molecule has 20 heavy (non-hydrogen) atoms. The van der Waals surface area contributed by atoms with Gasteiger partial charge in [-0.2, -0.15) is 4.31 Å². The van der Waals surface area contributed by atoms with Crippen LogP contribution in [-0.2, 0) is 10.0 Å². The Morgan fingerprint density at radius 1 is 1.15 bits per heavy atom. The number of piperazine rings is 1. The third kappa shape index (κ3) is 2.58. The van der Waals surface area contributed by atoms with E-state index >= 15 is 0 Å². The van der Waals surface area contributed by atoms with Crippen LogP contribution in [0.1, 0.15) is 0 Å². The second-order valence-corrected chi connectivity index (χ2v) is 7.15. The first-order valence-electron chi connectivity index (χ1n) is 6.78. The molecule has 5 nitrogen and oxygen atoms in total. The molecule has 0 aromatic heterocycles. The zero-order valence-corrected chi connectivity index (χ0v) is 11.9. The molecule has 0 amide bonds. The van der Waals surface area contributed by atoms with E-state index in [9.17, 15) is 12.8 Å². The molecule has 2 fully saturated rings. The lowest BCUT2D eigenvalue weighted by Crippen LogP contribution is -2.62. The van der Waals surface area contributed by atoms with Crippen molar-refractivity contribution >= 4 is 10.0 Å². The van der Waals surface area contributed by atoms with E-state index in [4.69, 9.17) is 0 Å². The van der Waals surface area contributed by atoms with Crippen molar-refractivity contribution in [1.82, 2.24) is 14.5 Å². The fraction of sp³-hybridized carbons (Fsp3) is 0.538. The topological polar surface area (TPSA) is 52.7 Å². The van der Waals surface area contributed by atoms with E-state index in [1.165, 1.54) is 22.5 Å². The molecular weight excluding hydrogens is 281 g/mol. The SMILES string of the molecule is O=S(=O)(c1cccc(F)c1)N1CCN(C2CNC2)CC1. The van der Waals surface area contributed by atoms with E-state index in [0.29, 0.717) is 19.1 Å². The van der Waals surface area contributed by atoms with Crippen molar-refractivity contribution in [3.05, 3.63) is 30.1 Å². The van der Waals surface area contributed by atoms with E-state index in [-0.39, 0.29) is 4.90 Å². The highest BCUT2D eigenvalue weighted by atomic mass is 32.2. The molecule has 3 rings (SSSR count). The highest BCUT2D eigenvalue weighted by Gasteiger charge is 2.32. The van der Waals surface area contributed by atoms with Crippen molar-refractivity contribution in [1.29, 1.82) is 0 Å². The zero-order valence-electron chi connectivity index (χ0n) is 11.1. The minimum atomic E-state index is -3.57. The third-order valence-corrected chi connectivity index (χ3v) is 5.88. The molecule has 1 N–H and O–H groups in total. The number of halogens is 1. The van der Waals surface area contributed by atoms with Crippen LogP contribution in [0.4, 0.5) is 4.39 Å². The maximum absolute atomic E-state index is 13.2. The van der Waals surface area contributed by atoms with Crippen LogP contribution >= 0.6 is 0 Å². The van der Waals surface area contributed by atoms with Gasteiger partial charge in [-0.05, 0) is 18.2 Å². The number of sulfonamides is 1. The molecule has 2 aliphatic rings. The van der Waals surface area contributed by atoms with Crippen molar-refractivity contribution < 1.29 is 12.8 Å². The Morgan fingerprint density at radius 2 is 1.85 bits per heavy atom. The minimum absolute atomic E-state index is 0.0382. The number of hydrogen-bond acceptors (Lipinski definition) is 4. The van der Waals surface area contributed by atoms with Crippen LogP contribution in [0.3, 0.4) is 0 Å². The first-order chi connectivity index (χ1) is 9.57. The highest BCUT2D eigenvalue weighted by molar-refractivity contribution is 7.89. The lowest BCUT2D eigenvalue weighted by molar-refractivity contribution is 0.103. The number of hydrogen-bond donors (Lipinski definition) is 1. The first-order valence-corrected chi connectivity index (χ1v) is 8.22.